The van der Waals surface area contributed by atoms with Gasteiger partial charge in [0.05, 0.1) is 12.6 Å². The van der Waals surface area contributed by atoms with Crippen LogP contribution < -0.4 is 5.32 Å². The fourth-order valence-electron chi connectivity index (χ4n) is 2.96. The Kier molecular flexibility index (Phi) is 3.78. The highest BCUT2D eigenvalue weighted by atomic mass is 19.1. The number of halogens is 1. The highest BCUT2D eigenvalue weighted by Gasteiger charge is 2.28. The molecule has 102 valence electrons. The molecule has 0 amide bonds. The largest absolute Gasteiger partial charge is 0.370 e. The quantitative estimate of drug-likeness (QED) is 0.904. The van der Waals surface area contributed by atoms with E-state index in [1.165, 1.54) is 19.3 Å². The first-order valence-electron chi connectivity index (χ1n) is 7.12. The lowest BCUT2D eigenvalue weighted by Crippen LogP contribution is -2.41. The van der Waals surface area contributed by atoms with Gasteiger partial charge in [0.2, 0.25) is 0 Å². The Morgan fingerprint density at radius 2 is 1.84 bits per heavy atom. The third-order valence-corrected chi connectivity index (χ3v) is 3.90. The molecule has 1 aromatic rings. The van der Waals surface area contributed by atoms with Gasteiger partial charge in [0.15, 0.2) is 0 Å². The minimum absolute atomic E-state index is 0.170. The molecule has 4 heteroatoms. The molecule has 1 N–H and O–H groups in total. The summed E-state index contributed by atoms with van der Waals surface area (Å²) >= 11 is 0. The summed E-state index contributed by atoms with van der Waals surface area (Å²) in [6, 6.07) is 7.03. The molecule has 3 nitrogen and oxygen atoms in total. The van der Waals surface area contributed by atoms with E-state index in [4.69, 9.17) is 0 Å². The Balaban J connectivity index is 1.88. The predicted octanol–water partition coefficient (Wildman–Crippen LogP) is 2.35. The van der Waals surface area contributed by atoms with E-state index in [2.05, 4.69) is 15.2 Å². The summed E-state index contributed by atoms with van der Waals surface area (Å²) < 4.78 is 13.1. The molecule has 2 heterocycles. The molecule has 0 saturated carbocycles. The summed E-state index contributed by atoms with van der Waals surface area (Å²) in [5.74, 6) is 0.871. The molecule has 3 rings (SSSR count). The van der Waals surface area contributed by atoms with E-state index in [0.717, 1.165) is 37.6 Å². The number of piperidine rings is 1. The minimum Gasteiger partial charge on any atom is -0.370 e. The van der Waals surface area contributed by atoms with E-state index >= 15 is 0 Å². The third kappa shape index (κ3) is 2.78. The van der Waals surface area contributed by atoms with Gasteiger partial charge >= 0.3 is 0 Å². The molecule has 1 aromatic carbocycles. The van der Waals surface area contributed by atoms with E-state index < -0.39 is 0 Å². The number of amidine groups is 1. The molecule has 1 fully saturated rings. The van der Waals surface area contributed by atoms with E-state index in [0.29, 0.717) is 0 Å². The van der Waals surface area contributed by atoms with E-state index in [1.807, 2.05) is 12.1 Å². The summed E-state index contributed by atoms with van der Waals surface area (Å²) in [4.78, 5) is 7.05. The molecule has 1 saturated heterocycles. The number of likely N-dealkylation sites (tertiary alicyclic amines) is 1. The van der Waals surface area contributed by atoms with Crippen molar-refractivity contribution in [1.82, 2.24) is 10.2 Å². The first-order valence-corrected chi connectivity index (χ1v) is 7.12. The second-order valence-electron chi connectivity index (χ2n) is 5.24. The van der Waals surface area contributed by atoms with Crippen LogP contribution in [0, 0.1) is 5.82 Å². The van der Waals surface area contributed by atoms with Gasteiger partial charge in [-0.1, -0.05) is 18.6 Å². The number of aliphatic imine (C=N–C) groups is 1. The van der Waals surface area contributed by atoms with Crippen molar-refractivity contribution >= 4 is 5.84 Å². The smallest absolute Gasteiger partial charge is 0.123 e. The standard InChI is InChI=1S/C15H20FN3/c16-13-6-4-12(5-7-13)14(15-17-8-9-18-15)19-10-2-1-3-11-19/h4-7,14H,1-3,8-11H2,(H,17,18). The fourth-order valence-corrected chi connectivity index (χ4v) is 2.96. The number of rotatable bonds is 3. The van der Waals surface area contributed by atoms with Gasteiger partial charge in [0.1, 0.15) is 11.7 Å². The zero-order chi connectivity index (χ0) is 13.1. The summed E-state index contributed by atoms with van der Waals surface area (Å²) in [5, 5.41) is 3.38. The first kappa shape index (κ1) is 12.6. The number of hydrogen-bond donors (Lipinski definition) is 1. The van der Waals surface area contributed by atoms with E-state index in [1.54, 1.807) is 12.1 Å². The Labute approximate surface area is 113 Å². The van der Waals surface area contributed by atoms with Crippen molar-refractivity contribution in [2.24, 2.45) is 4.99 Å². The van der Waals surface area contributed by atoms with Crippen LogP contribution in [0.25, 0.3) is 0 Å². The fraction of sp³-hybridized carbons (Fsp3) is 0.533. The van der Waals surface area contributed by atoms with Gasteiger partial charge in [-0.3, -0.25) is 9.89 Å². The summed E-state index contributed by atoms with van der Waals surface area (Å²) in [5.41, 5.74) is 1.14. The molecule has 0 bridgehead atoms. The van der Waals surface area contributed by atoms with Crippen molar-refractivity contribution in [3.8, 4) is 0 Å². The monoisotopic (exact) mass is 261 g/mol. The molecule has 0 radical (unpaired) electrons. The van der Waals surface area contributed by atoms with Crippen molar-refractivity contribution in [1.29, 1.82) is 0 Å². The summed E-state index contributed by atoms with van der Waals surface area (Å²) in [6.45, 7) is 3.97. The maximum atomic E-state index is 13.1. The average molecular weight is 261 g/mol. The molecule has 0 aromatic heterocycles. The summed E-state index contributed by atoms with van der Waals surface area (Å²) in [7, 11) is 0. The van der Waals surface area contributed by atoms with Gasteiger partial charge in [-0.2, -0.15) is 0 Å². The molecule has 2 aliphatic heterocycles. The summed E-state index contributed by atoms with van der Waals surface area (Å²) in [6.07, 6.45) is 3.79. The van der Waals surface area contributed by atoms with Crippen molar-refractivity contribution in [3.63, 3.8) is 0 Å². The van der Waals surface area contributed by atoms with Crippen molar-refractivity contribution < 1.29 is 4.39 Å². The Hall–Kier alpha value is -1.42. The second-order valence-corrected chi connectivity index (χ2v) is 5.24. The van der Waals surface area contributed by atoms with Crippen LogP contribution in [0.15, 0.2) is 29.3 Å². The number of hydrogen-bond acceptors (Lipinski definition) is 3. The zero-order valence-electron chi connectivity index (χ0n) is 11.1. The lowest BCUT2D eigenvalue weighted by Gasteiger charge is -2.34. The van der Waals surface area contributed by atoms with Gasteiger partial charge in [-0.05, 0) is 43.6 Å². The molecule has 0 spiro atoms. The van der Waals surface area contributed by atoms with Crippen LogP contribution >= 0.6 is 0 Å². The van der Waals surface area contributed by atoms with Gasteiger partial charge in [-0.15, -0.1) is 0 Å². The molecule has 2 aliphatic rings. The number of nitrogens with zero attached hydrogens (tertiary/aromatic N) is 2. The van der Waals surface area contributed by atoms with Crippen molar-refractivity contribution in [3.05, 3.63) is 35.6 Å². The topological polar surface area (TPSA) is 27.6 Å². The molecule has 1 atom stereocenters. The van der Waals surface area contributed by atoms with Crippen LogP contribution in [0.2, 0.25) is 0 Å². The first-order chi connectivity index (χ1) is 9.34. The average Bonchev–Trinajstić information content (AvgIpc) is 2.96. The van der Waals surface area contributed by atoms with E-state index in [9.17, 15) is 4.39 Å². The van der Waals surface area contributed by atoms with Crippen molar-refractivity contribution in [2.75, 3.05) is 26.2 Å². The van der Waals surface area contributed by atoms with Crippen LogP contribution in [-0.4, -0.2) is 36.9 Å². The van der Waals surface area contributed by atoms with Crippen LogP contribution in [0.4, 0.5) is 4.39 Å². The SMILES string of the molecule is Fc1ccc(C(C2=NCCN2)N2CCCCC2)cc1. The maximum absolute atomic E-state index is 13.1. The highest BCUT2D eigenvalue weighted by Crippen LogP contribution is 2.26. The second kappa shape index (κ2) is 5.70. The molecule has 1 unspecified atom stereocenters. The highest BCUT2D eigenvalue weighted by molar-refractivity contribution is 5.89. The maximum Gasteiger partial charge on any atom is 0.123 e. The molecule has 0 aliphatic carbocycles. The lowest BCUT2D eigenvalue weighted by molar-refractivity contribution is 0.201. The van der Waals surface area contributed by atoms with Crippen LogP contribution in [-0.2, 0) is 0 Å². The number of nitrogens with one attached hydrogen (secondary N) is 1. The van der Waals surface area contributed by atoms with Crippen LogP contribution in [0.5, 0.6) is 0 Å². The Morgan fingerprint density at radius 1 is 1.11 bits per heavy atom. The van der Waals surface area contributed by atoms with Crippen molar-refractivity contribution in [2.45, 2.75) is 25.3 Å². The van der Waals surface area contributed by atoms with Crippen LogP contribution in [0.3, 0.4) is 0 Å². The van der Waals surface area contributed by atoms with Gasteiger partial charge < -0.3 is 5.32 Å². The third-order valence-electron chi connectivity index (χ3n) is 3.90. The molecule has 19 heavy (non-hydrogen) atoms. The van der Waals surface area contributed by atoms with Gasteiger partial charge in [0, 0.05) is 6.54 Å². The lowest BCUT2D eigenvalue weighted by atomic mass is 10.0. The van der Waals surface area contributed by atoms with E-state index in [-0.39, 0.29) is 11.9 Å². The molecular formula is C15H20FN3. The number of benzene rings is 1. The van der Waals surface area contributed by atoms with Gasteiger partial charge in [-0.25, -0.2) is 4.39 Å². The van der Waals surface area contributed by atoms with Crippen LogP contribution in [0.1, 0.15) is 30.9 Å². The Morgan fingerprint density at radius 3 is 2.47 bits per heavy atom. The normalized spacial score (nSPS) is 21.8. The predicted molar refractivity (Wildman–Crippen MR) is 74.9 cm³/mol. The van der Waals surface area contributed by atoms with Gasteiger partial charge in [0.25, 0.3) is 0 Å². The Bertz CT molecular complexity index is 449. The zero-order valence-corrected chi connectivity index (χ0v) is 11.1. The minimum atomic E-state index is -0.178. The molecular weight excluding hydrogens is 241 g/mol.